The molecule has 0 fully saturated rings. The summed E-state index contributed by atoms with van der Waals surface area (Å²) in [5.74, 6) is -1.47. The summed E-state index contributed by atoms with van der Waals surface area (Å²) in [4.78, 5) is 11.9. The van der Waals surface area contributed by atoms with Crippen molar-refractivity contribution in [3.63, 3.8) is 0 Å². The van der Waals surface area contributed by atoms with Crippen molar-refractivity contribution in [2.75, 3.05) is 0 Å². The van der Waals surface area contributed by atoms with Gasteiger partial charge in [0.15, 0.2) is 0 Å². The Morgan fingerprint density at radius 2 is 2.20 bits per heavy atom. The van der Waals surface area contributed by atoms with Crippen LogP contribution in [-0.2, 0) is 10.2 Å². The van der Waals surface area contributed by atoms with Gasteiger partial charge in [0.1, 0.15) is 0 Å². The minimum absolute atomic E-state index is 0.154. The number of benzene rings is 1. The molecule has 0 atom stereocenters. The van der Waals surface area contributed by atoms with Crippen molar-refractivity contribution in [3.05, 3.63) is 32.8 Å². The first-order chi connectivity index (χ1) is 9.26. The zero-order valence-electron chi connectivity index (χ0n) is 13.9. The number of aryl methyl sites for hydroxylation is 1. The van der Waals surface area contributed by atoms with Crippen molar-refractivity contribution in [1.82, 2.24) is 0 Å². The molecule has 0 saturated carbocycles. The third-order valence-electron chi connectivity index (χ3n) is 2.02. The topological polar surface area (TPSA) is 43.1 Å². The highest BCUT2D eigenvalue weighted by Crippen LogP contribution is 2.33. The van der Waals surface area contributed by atoms with Crippen LogP contribution in [0.25, 0.3) is 0 Å². The molecule has 15 heavy (non-hydrogen) atoms. The van der Waals surface area contributed by atoms with E-state index >= 15 is 0 Å². The largest absolute Gasteiger partial charge is 0.369 e. The monoisotopic (exact) mass is 295 g/mol. The first-order valence-corrected chi connectivity index (χ1v) is 5.20. The highest BCUT2D eigenvalue weighted by atomic mass is 79.9. The van der Waals surface area contributed by atoms with Crippen molar-refractivity contribution in [2.45, 2.75) is 26.0 Å². The zero-order valence-corrected chi connectivity index (χ0v) is 10.2. The standard InChI is InChI=1S/C11H13BrClNO/c1-6-4-7(9(13)5-8(6)12)11(2,3)10(14)15/h4-5H,1-3H3,(H2,14,15)/i2D3,3D3. The van der Waals surface area contributed by atoms with E-state index in [0.29, 0.717) is 10.0 Å². The number of halogens is 2. The van der Waals surface area contributed by atoms with Gasteiger partial charge in [-0.2, -0.15) is 0 Å². The minimum Gasteiger partial charge on any atom is -0.369 e. The zero-order chi connectivity index (χ0) is 16.8. The third-order valence-corrected chi connectivity index (χ3v) is 3.19. The summed E-state index contributed by atoms with van der Waals surface area (Å²) >= 11 is 9.21. The van der Waals surface area contributed by atoms with Gasteiger partial charge in [-0.15, -0.1) is 0 Å². The molecule has 0 aliphatic heterocycles. The van der Waals surface area contributed by atoms with Gasteiger partial charge in [-0.05, 0) is 37.8 Å². The van der Waals surface area contributed by atoms with Crippen LogP contribution in [0.2, 0.25) is 5.02 Å². The Hall–Kier alpha value is -0.540. The normalized spacial score (nSPS) is 19.1. The van der Waals surface area contributed by atoms with E-state index in [0.717, 1.165) is 0 Å². The average molecular weight is 297 g/mol. The van der Waals surface area contributed by atoms with E-state index in [1.807, 2.05) is 0 Å². The molecule has 2 nitrogen and oxygen atoms in total. The number of nitrogens with two attached hydrogens (primary N) is 1. The highest BCUT2D eigenvalue weighted by molar-refractivity contribution is 9.10. The van der Waals surface area contributed by atoms with Crippen LogP contribution in [0.3, 0.4) is 0 Å². The summed E-state index contributed by atoms with van der Waals surface area (Å²) in [7, 11) is 0. The van der Waals surface area contributed by atoms with Gasteiger partial charge in [-0.25, -0.2) is 0 Å². The number of primary amides is 1. The van der Waals surface area contributed by atoms with Crippen molar-refractivity contribution in [2.24, 2.45) is 5.73 Å². The molecule has 4 heteroatoms. The molecule has 0 spiro atoms. The molecule has 0 radical (unpaired) electrons. The fourth-order valence-electron chi connectivity index (χ4n) is 1.08. The Morgan fingerprint density at radius 3 is 2.67 bits per heavy atom. The second kappa shape index (κ2) is 4.14. The maximum atomic E-state index is 11.9. The molecule has 0 heterocycles. The van der Waals surface area contributed by atoms with Gasteiger partial charge in [0, 0.05) is 17.7 Å². The summed E-state index contributed by atoms with van der Waals surface area (Å²) in [6.45, 7) is -4.75. The summed E-state index contributed by atoms with van der Waals surface area (Å²) in [6.07, 6.45) is 0. The van der Waals surface area contributed by atoms with E-state index < -0.39 is 25.0 Å². The lowest BCUT2D eigenvalue weighted by Gasteiger charge is -2.23. The van der Waals surface area contributed by atoms with E-state index in [1.165, 1.54) is 12.1 Å². The van der Waals surface area contributed by atoms with Crippen LogP contribution < -0.4 is 5.73 Å². The van der Waals surface area contributed by atoms with Gasteiger partial charge >= 0.3 is 0 Å². The average Bonchev–Trinajstić information content (AvgIpc) is 2.21. The van der Waals surface area contributed by atoms with Crippen molar-refractivity contribution < 1.29 is 13.0 Å². The number of rotatable bonds is 2. The number of hydrogen-bond acceptors (Lipinski definition) is 1. The molecule has 0 aliphatic carbocycles. The van der Waals surface area contributed by atoms with Crippen LogP contribution >= 0.6 is 27.5 Å². The molecule has 0 saturated heterocycles. The first kappa shape index (κ1) is 6.26. The Morgan fingerprint density at radius 1 is 1.60 bits per heavy atom. The molecule has 0 aromatic heterocycles. The molecule has 0 aliphatic rings. The summed E-state index contributed by atoms with van der Waals surface area (Å²) in [5.41, 5.74) is 2.55. The van der Waals surface area contributed by atoms with Crippen LogP contribution in [0, 0.1) is 6.92 Å². The van der Waals surface area contributed by atoms with E-state index in [-0.39, 0.29) is 10.6 Å². The van der Waals surface area contributed by atoms with E-state index in [2.05, 4.69) is 15.9 Å². The quantitative estimate of drug-likeness (QED) is 0.895. The fraction of sp³-hybridized carbons (Fsp3) is 0.364. The molecule has 1 aromatic rings. The SMILES string of the molecule is [2H]C([2H])([2H])C(C(N)=O)(c1cc(C)c(Br)cc1Cl)C([2H])([2H])[2H]. The number of carbonyl (C=O) groups is 1. The van der Waals surface area contributed by atoms with Crippen LogP contribution in [0.5, 0.6) is 0 Å². The molecular weight excluding hydrogens is 277 g/mol. The molecule has 1 aromatic carbocycles. The van der Waals surface area contributed by atoms with Crippen LogP contribution in [0.15, 0.2) is 16.6 Å². The maximum Gasteiger partial charge on any atom is 0.227 e. The Kier molecular flexibility index (Phi) is 1.73. The lowest BCUT2D eigenvalue weighted by molar-refractivity contribution is -0.122. The second-order valence-corrected chi connectivity index (χ2v) is 4.46. The summed E-state index contributed by atoms with van der Waals surface area (Å²) in [6, 6.07) is 2.61. The van der Waals surface area contributed by atoms with Crippen molar-refractivity contribution in [1.29, 1.82) is 0 Å². The summed E-state index contributed by atoms with van der Waals surface area (Å²) in [5, 5.41) is -0.154. The molecular formula is C11H13BrClNO. The minimum atomic E-state index is -3.19. The van der Waals surface area contributed by atoms with Gasteiger partial charge in [0.05, 0.1) is 5.41 Å². The van der Waals surface area contributed by atoms with Crippen LogP contribution in [0.4, 0.5) is 0 Å². The predicted octanol–water partition coefficient (Wildman–Crippen LogP) is 3.17. The Labute approximate surface area is 111 Å². The molecule has 0 unspecified atom stereocenters. The molecule has 2 N–H and O–H groups in total. The number of hydrogen-bond donors (Lipinski definition) is 1. The van der Waals surface area contributed by atoms with Crippen molar-refractivity contribution >= 4 is 33.4 Å². The highest BCUT2D eigenvalue weighted by Gasteiger charge is 2.29. The van der Waals surface area contributed by atoms with E-state index in [4.69, 9.17) is 25.6 Å². The number of carbonyl (C=O) groups excluding carboxylic acids is 1. The lowest BCUT2D eigenvalue weighted by Crippen LogP contribution is -2.35. The smallest absolute Gasteiger partial charge is 0.227 e. The number of amides is 1. The Balaban J connectivity index is 3.92. The fourth-order valence-corrected chi connectivity index (χ4v) is 1.86. The molecule has 0 bridgehead atoms. The van der Waals surface area contributed by atoms with E-state index in [9.17, 15) is 4.79 Å². The predicted molar refractivity (Wildman–Crippen MR) is 66.1 cm³/mol. The second-order valence-electron chi connectivity index (χ2n) is 3.20. The molecule has 1 rings (SSSR count). The Bertz CT molecular complexity index is 569. The maximum absolute atomic E-state index is 11.9. The molecule has 1 amide bonds. The van der Waals surface area contributed by atoms with E-state index in [1.54, 1.807) is 6.92 Å². The van der Waals surface area contributed by atoms with Gasteiger partial charge in [-0.1, -0.05) is 33.6 Å². The first-order valence-electron chi connectivity index (χ1n) is 7.03. The molecule has 82 valence electrons. The van der Waals surface area contributed by atoms with Crippen LogP contribution in [0.1, 0.15) is 33.1 Å². The van der Waals surface area contributed by atoms with Gasteiger partial charge in [-0.3, -0.25) is 4.79 Å². The van der Waals surface area contributed by atoms with Gasteiger partial charge in [0.2, 0.25) is 5.91 Å². The van der Waals surface area contributed by atoms with Crippen molar-refractivity contribution in [3.8, 4) is 0 Å². The lowest BCUT2D eigenvalue weighted by atomic mass is 9.83. The van der Waals surface area contributed by atoms with Gasteiger partial charge < -0.3 is 5.73 Å². The van der Waals surface area contributed by atoms with Gasteiger partial charge in [0.25, 0.3) is 0 Å². The third kappa shape index (κ3) is 2.34. The van der Waals surface area contributed by atoms with Crippen LogP contribution in [-0.4, -0.2) is 5.91 Å². The summed E-state index contributed by atoms with van der Waals surface area (Å²) < 4.78 is 46.1.